The van der Waals surface area contributed by atoms with E-state index in [4.69, 9.17) is 16.3 Å². The molecule has 0 aromatic heterocycles. The molecule has 1 aromatic carbocycles. The molecule has 4 atom stereocenters. The molecular formula is C29H45ClFN5O5. The van der Waals surface area contributed by atoms with Crippen molar-refractivity contribution in [3.05, 3.63) is 29.6 Å². The first-order chi connectivity index (χ1) is 19.8. The summed E-state index contributed by atoms with van der Waals surface area (Å²) >= 11 is 6.14. The van der Waals surface area contributed by atoms with Crippen molar-refractivity contribution in [2.45, 2.75) is 74.5 Å². The van der Waals surface area contributed by atoms with E-state index in [1.54, 1.807) is 17.0 Å². The summed E-state index contributed by atoms with van der Waals surface area (Å²) in [5.41, 5.74) is 0.358. The number of benzene rings is 1. The molecule has 6 N–H and O–H groups in total. The van der Waals surface area contributed by atoms with Crippen LogP contribution in [0.4, 0.5) is 4.39 Å². The number of ether oxygens (including phenoxy) is 1. The quantitative estimate of drug-likeness (QED) is 0.157. The first-order valence-corrected chi connectivity index (χ1v) is 15.5. The molecule has 0 unspecified atom stereocenters. The maximum Gasteiger partial charge on any atom is 0.227 e. The molecule has 0 spiro atoms. The van der Waals surface area contributed by atoms with E-state index >= 15 is 0 Å². The van der Waals surface area contributed by atoms with Crippen LogP contribution in [0.2, 0.25) is 0 Å². The zero-order valence-electron chi connectivity index (χ0n) is 23.6. The second-order valence-corrected chi connectivity index (χ2v) is 12.8. The van der Waals surface area contributed by atoms with E-state index in [9.17, 15) is 24.5 Å². The summed E-state index contributed by atoms with van der Waals surface area (Å²) < 4.78 is 20.5. The molecule has 4 aliphatic rings. The molecule has 3 aliphatic heterocycles. The Morgan fingerprint density at radius 1 is 1.10 bits per heavy atom. The van der Waals surface area contributed by atoms with Crippen molar-refractivity contribution >= 4 is 17.5 Å². The number of carbonyl (C=O) groups is 1. The first-order valence-electron chi connectivity index (χ1n) is 15.1. The van der Waals surface area contributed by atoms with Crippen LogP contribution < -0.4 is 20.7 Å². The van der Waals surface area contributed by atoms with Gasteiger partial charge in [-0.05, 0) is 49.7 Å². The lowest BCUT2D eigenvalue weighted by atomic mass is 9.92. The second-order valence-electron chi connectivity index (χ2n) is 12.2. The van der Waals surface area contributed by atoms with Crippen LogP contribution in [0.3, 0.4) is 0 Å². The molecular weight excluding hydrogens is 553 g/mol. The summed E-state index contributed by atoms with van der Waals surface area (Å²) in [6, 6.07) is 4.38. The van der Waals surface area contributed by atoms with Crippen LogP contribution in [0.15, 0.2) is 18.2 Å². The third-order valence-corrected chi connectivity index (χ3v) is 9.41. The van der Waals surface area contributed by atoms with E-state index in [-0.39, 0.29) is 36.0 Å². The van der Waals surface area contributed by atoms with E-state index < -0.39 is 24.1 Å². The van der Waals surface area contributed by atoms with Crippen LogP contribution in [-0.2, 0) is 11.2 Å². The van der Waals surface area contributed by atoms with Crippen molar-refractivity contribution in [1.29, 1.82) is 0 Å². The van der Waals surface area contributed by atoms with Gasteiger partial charge in [0.2, 0.25) is 5.91 Å². The summed E-state index contributed by atoms with van der Waals surface area (Å²) in [6.45, 7) is 6.03. The van der Waals surface area contributed by atoms with Gasteiger partial charge >= 0.3 is 0 Å². The van der Waals surface area contributed by atoms with Crippen LogP contribution in [0.5, 0.6) is 5.75 Å². The zero-order chi connectivity index (χ0) is 28.9. The van der Waals surface area contributed by atoms with Crippen LogP contribution >= 0.6 is 11.6 Å². The molecule has 3 saturated heterocycles. The number of hydrogen-bond acceptors (Lipinski definition) is 9. The van der Waals surface area contributed by atoms with Crippen molar-refractivity contribution in [1.82, 2.24) is 25.8 Å². The number of rotatable bonds is 11. The van der Waals surface area contributed by atoms with E-state index in [0.717, 1.165) is 51.9 Å². The van der Waals surface area contributed by atoms with Gasteiger partial charge in [-0.1, -0.05) is 6.07 Å². The number of halogens is 2. The number of aliphatic hydroxyl groups excluding tert-OH is 3. The molecule has 0 bridgehead atoms. The number of nitrogens with one attached hydrogen (secondary N) is 3. The Balaban J connectivity index is 0.945. The minimum absolute atomic E-state index is 0.00301. The molecule has 1 saturated carbocycles. The lowest BCUT2D eigenvalue weighted by molar-refractivity contribution is -0.136. The smallest absolute Gasteiger partial charge is 0.227 e. The molecule has 4 fully saturated rings. The predicted octanol–water partition coefficient (Wildman–Crippen LogP) is 0.226. The molecule has 41 heavy (non-hydrogen) atoms. The molecule has 230 valence electrons. The Hall–Kier alpha value is -1.57. The number of amides is 1. The number of piperidine rings is 1. The largest absolute Gasteiger partial charge is 0.493 e. The highest BCUT2D eigenvalue weighted by atomic mass is 35.5. The van der Waals surface area contributed by atoms with E-state index in [1.165, 1.54) is 6.07 Å². The maximum atomic E-state index is 14.7. The van der Waals surface area contributed by atoms with Crippen molar-refractivity contribution in [3.63, 3.8) is 0 Å². The maximum absolute atomic E-state index is 14.7. The Kier molecular flexibility index (Phi) is 10.7. The van der Waals surface area contributed by atoms with E-state index in [2.05, 4.69) is 20.9 Å². The standard InChI is InChI=1S/C29H45ClFN5O5/c30-21-14-33-29(34-15-21)35-7-5-18(6-8-35)2-1-9-41-22-4-3-20(23(31)11-22)10-26(38)36-16-19(17-36)13-32-24-12-25(37)28(40)27(24)39/h3-4,11,18-19,21,24-25,27-29,32-34,37,39-40H,1-2,5-10,12-17H2/t21?,24-,25+,27+,28-,29?/m1/s1. The van der Waals surface area contributed by atoms with Crippen molar-refractivity contribution in [2.24, 2.45) is 11.8 Å². The van der Waals surface area contributed by atoms with Crippen LogP contribution in [0.1, 0.15) is 37.7 Å². The lowest BCUT2D eigenvalue weighted by Crippen LogP contribution is -2.62. The van der Waals surface area contributed by atoms with Gasteiger partial charge in [0.15, 0.2) is 0 Å². The summed E-state index contributed by atoms with van der Waals surface area (Å²) in [7, 11) is 0. The van der Waals surface area contributed by atoms with Gasteiger partial charge in [0, 0.05) is 63.8 Å². The number of alkyl halides is 1. The average molecular weight is 598 g/mol. The second kappa shape index (κ2) is 14.3. The van der Waals surface area contributed by atoms with Crippen LogP contribution in [0, 0.1) is 17.7 Å². The monoisotopic (exact) mass is 597 g/mol. The van der Waals surface area contributed by atoms with Gasteiger partial charge in [-0.3, -0.25) is 20.3 Å². The van der Waals surface area contributed by atoms with Gasteiger partial charge in [-0.2, -0.15) is 0 Å². The summed E-state index contributed by atoms with van der Waals surface area (Å²) in [6.07, 6.45) is 1.80. The summed E-state index contributed by atoms with van der Waals surface area (Å²) in [5.74, 6) is 0.834. The minimum Gasteiger partial charge on any atom is -0.493 e. The highest BCUT2D eigenvalue weighted by Crippen LogP contribution is 2.25. The SMILES string of the molecule is O=C(Cc1ccc(OCCCC2CCN(C3NCC(Cl)CN3)CC2)cc1F)N1CC(CN[C@@H]2C[C@H](O)[C@@H](O)[C@H]2O)C1. The molecule has 5 rings (SSSR count). The van der Waals surface area contributed by atoms with Crippen LogP contribution in [0.25, 0.3) is 0 Å². The topological polar surface area (TPSA) is 130 Å². The molecule has 1 aromatic rings. The molecule has 0 radical (unpaired) electrons. The fourth-order valence-corrected chi connectivity index (χ4v) is 6.59. The van der Waals surface area contributed by atoms with Gasteiger partial charge in [0.25, 0.3) is 0 Å². The number of nitrogens with zero attached hydrogens (tertiary/aromatic N) is 2. The zero-order valence-corrected chi connectivity index (χ0v) is 24.3. The van der Waals surface area contributed by atoms with Crippen molar-refractivity contribution in [3.8, 4) is 5.75 Å². The van der Waals surface area contributed by atoms with Gasteiger partial charge in [0.1, 0.15) is 24.0 Å². The van der Waals surface area contributed by atoms with Gasteiger partial charge in [-0.25, -0.2) is 4.39 Å². The molecule has 1 amide bonds. The third-order valence-electron chi connectivity index (χ3n) is 9.10. The number of hydrogen-bond donors (Lipinski definition) is 6. The fourth-order valence-electron chi connectivity index (χ4n) is 6.41. The Morgan fingerprint density at radius 2 is 1.83 bits per heavy atom. The molecule has 10 nitrogen and oxygen atoms in total. The Morgan fingerprint density at radius 3 is 2.49 bits per heavy atom. The molecule has 1 aliphatic carbocycles. The highest BCUT2D eigenvalue weighted by molar-refractivity contribution is 6.21. The van der Waals surface area contributed by atoms with Gasteiger partial charge < -0.3 is 30.3 Å². The normalized spacial score (nSPS) is 31.8. The number of carbonyl (C=O) groups excluding carboxylic acids is 1. The highest BCUT2D eigenvalue weighted by Gasteiger charge is 2.41. The van der Waals surface area contributed by atoms with Crippen molar-refractivity contribution in [2.75, 3.05) is 52.4 Å². The van der Waals surface area contributed by atoms with Crippen molar-refractivity contribution < 1.29 is 29.2 Å². The minimum atomic E-state index is -1.13. The molecule has 12 heteroatoms. The Labute approximate surface area is 246 Å². The van der Waals surface area contributed by atoms with Gasteiger partial charge in [-0.15, -0.1) is 11.6 Å². The number of likely N-dealkylation sites (tertiary alicyclic amines) is 2. The molecule has 3 heterocycles. The Bertz CT molecular complexity index is 1000. The average Bonchev–Trinajstić information content (AvgIpc) is 3.19. The fraction of sp³-hybridized carbons (Fsp3) is 0.759. The summed E-state index contributed by atoms with van der Waals surface area (Å²) in [5, 5.41) is 39.6. The number of aliphatic hydroxyl groups is 3. The van der Waals surface area contributed by atoms with Crippen LogP contribution in [-0.4, -0.2) is 119 Å². The predicted molar refractivity (Wildman–Crippen MR) is 153 cm³/mol. The van der Waals surface area contributed by atoms with E-state index in [0.29, 0.717) is 49.9 Å². The van der Waals surface area contributed by atoms with Gasteiger partial charge in [0.05, 0.1) is 30.6 Å². The third kappa shape index (κ3) is 8.08. The first kappa shape index (κ1) is 30.9. The summed E-state index contributed by atoms with van der Waals surface area (Å²) in [4.78, 5) is 16.8. The van der Waals surface area contributed by atoms with E-state index in [1.807, 2.05) is 0 Å². The lowest BCUT2D eigenvalue weighted by Gasteiger charge is -2.41.